The minimum absolute atomic E-state index is 0.0724. The minimum Gasteiger partial charge on any atom is -0.306 e. The monoisotopic (exact) mass is 341 g/mol. The Balaban J connectivity index is 2.48. The third-order valence-corrected chi connectivity index (χ3v) is 4.73. The predicted molar refractivity (Wildman–Crippen MR) is 83.4 cm³/mol. The van der Waals surface area contributed by atoms with Crippen LogP contribution in [0.25, 0.3) is 0 Å². The molecular weight excluding hydrogens is 325 g/mol. The van der Waals surface area contributed by atoms with Crippen LogP contribution in [0.1, 0.15) is 33.8 Å². The van der Waals surface area contributed by atoms with Crippen LogP contribution >= 0.6 is 27.3 Å². The van der Waals surface area contributed by atoms with Crippen molar-refractivity contribution >= 4 is 27.3 Å². The van der Waals surface area contributed by atoms with Gasteiger partial charge in [0.25, 0.3) is 0 Å². The molecule has 1 unspecified atom stereocenters. The molecule has 0 fully saturated rings. The molecule has 1 aromatic carbocycles. The van der Waals surface area contributed by atoms with Crippen molar-refractivity contribution in [2.45, 2.75) is 26.8 Å². The molecule has 0 saturated heterocycles. The zero-order valence-electron chi connectivity index (χ0n) is 11.3. The number of rotatable bonds is 4. The summed E-state index contributed by atoms with van der Waals surface area (Å²) in [5.74, 6) is -0.175. The SMILES string of the molecule is CCNC(c1ccc(Br)cc1F)c1sc(C)cc1C. The van der Waals surface area contributed by atoms with Crippen LogP contribution in [0.5, 0.6) is 0 Å². The molecule has 0 spiro atoms. The number of hydrogen-bond donors (Lipinski definition) is 1. The normalized spacial score (nSPS) is 12.7. The summed E-state index contributed by atoms with van der Waals surface area (Å²) < 4.78 is 14.9. The van der Waals surface area contributed by atoms with E-state index in [1.807, 2.05) is 19.1 Å². The quantitative estimate of drug-likeness (QED) is 0.828. The van der Waals surface area contributed by atoms with E-state index in [9.17, 15) is 4.39 Å². The van der Waals surface area contributed by atoms with Crippen LogP contribution in [0.15, 0.2) is 28.7 Å². The van der Waals surface area contributed by atoms with Gasteiger partial charge < -0.3 is 5.32 Å². The summed E-state index contributed by atoms with van der Waals surface area (Å²) in [4.78, 5) is 2.45. The van der Waals surface area contributed by atoms with Gasteiger partial charge in [-0.05, 0) is 44.2 Å². The number of aryl methyl sites for hydroxylation is 2. The van der Waals surface area contributed by atoms with E-state index in [1.54, 1.807) is 11.3 Å². The lowest BCUT2D eigenvalue weighted by Crippen LogP contribution is -2.22. The molecule has 1 heterocycles. The third kappa shape index (κ3) is 3.25. The van der Waals surface area contributed by atoms with Crippen LogP contribution in [0, 0.1) is 19.7 Å². The molecule has 0 radical (unpaired) electrons. The first-order valence-electron chi connectivity index (χ1n) is 6.28. The second kappa shape index (κ2) is 6.16. The molecule has 102 valence electrons. The lowest BCUT2D eigenvalue weighted by atomic mass is 10.0. The van der Waals surface area contributed by atoms with Crippen LogP contribution in [0.4, 0.5) is 4.39 Å². The van der Waals surface area contributed by atoms with Gasteiger partial charge in [-0.15, -0.1) is 11.3 Å². The minimum atomic E-state index is -0.175. The van der Waals surface area contributed by atoms with Gasteiger partial charge in [0.05, 0.1) is 6.04 Å². The number of nitrogens with one attached hydrogen (secondary N) is 1. The maximum atomic E-state index is 14.2. The van der Waals surface area contributed by atoms with Crippen molar-refractivity contribution in [2.24, 2.45) is 0 Å². The standard InChI is InChI=1S/C15H17BrFNS/c1-4-18-14(15-9(2)7-10(3)19-15)12-6-5-11(16)8-13(12)17/h5-8,14,18H,4H2,1-3H3. The highest BCUT2D eigenvalue weighted by molar-refractivity contribution is 9.10. The molecule has 19 heavy (non-hydrogen) atoms. The van der Waals surface area contributed by atoms with Gasteiger partial charge in [-0.1, -0.05) is 28.9 Å². The van der Waals surface area contributed by atoms with Crippen LogP contribution in [-0.2, 0) is 0 Å². The Morgan fingerprint density at radius 3 is 2.58 bits per heavy atom. The van der Waals surface area contributed by atoms with E-state index < -0.39 is 0 Å². The van der Waals surface area contributed by atoms with Crippen molar-refractivity contribution in [1.82, 2.24) is 5.32 Å². The zero-order chi connectivity index (χ0) is 14.0. The van der Waals surface area contributed by atoms with Gasteiger partial charge in [-0.2, -0.15) is 0 Å². The molecule has 1 aromatic heterocycles. The Bertz CT molecular complexity index is 580. The van der Waals surface area contributed by atoms with E-state index in [0.29, 0.717) is 5.56 Å². The average Bonchev–Trinajstić information content (AvgIpc) is 2.66. The number of hydrogen-bond acceptors (Lipinski definition) is 2. The lowest BCUT2D eigenvalue weighted by molar-refractivity contribution is 0.561. The van der Waals surface area contributed by atoms with E-state index in [0.717, 1.165) is 11.0 Å². The molecule has 0 bridgehead atoms. The Labute approximate surface area is 126 Å². The van der Waals surface area contributed by atoms with Crippen LogP contribution in [0.3, 0.4) is 0 Å². The summed E-state index contributed by atoms with van der Waals surface area (Å²) >= 11 is 5.03. The molecule has 0 aliphatic rings. The van der Waals surface area contributed by atoms with E-state index >= 15 is 0 Å². The highest BCUT2D eigenvalue weighted by Gasteiger charge is 2.20. The van der Waals surface area contributed by atoms with Crippen molar-refractivity contribution in [3.63, 3.8) is 0 Å². The van der Waals surface area contributed by atoms with Crippen molar-refractivity contribution in [3.05, 3.63) is 55.4 Å². The third-order valence-electron chi connectivity index (χ3n) is 3.02. The van der Waals surface area contributed by atoms with E-state index in [4.69, 9.17) is 0 Å². The summed E-state index contributed by atoms with van der Waals surface area (Å²) in [5.41, 5.74) is 1.92. The highest BCUT2D eigenvalue weighted by atomic mass is 79.9. The van der Waals surface area contributed by atoms with Crippen molar-refractivity contribution in [2.75, 3.05) is 6.54 Å². The molecule has 0 amide bonds. The fourth-order valence-corrected chi connectivity index (χ4v) is 3.69. The largest absolute Gasteiger partial charge is 0.306 e. The lowest BCUT2D eigenvalue weighted by Gasteiger charge is -2.19. The average molecular weight is 342 g/mol. The fraction of sp³-hybridized carbons (Fsp3) is 0.333. The van der Waals surface area contributed by atoms with Gasteiger partial charge in [-0.25, -0.2) is 4.39 Å². The molecule has 2 rings (SSSR count). The predicted octanol–water partition coefficient (Wildman–Crippen LogP) is 4.97. The summed E-state index contributed by atoms with van der Waals surface area (Å²) in [6.07, 6.45) is 0. The van der Waals surface area contributed by atoms with Crippen LogP contribution in [-0.4, -0.2) is 6.54 Å². The first-order chi connectivity index (χ1) is 9.02. The summed E-state index contributed by atoms with van der Waals surface area (Å²) in [6.45, 7) is 7.01. The Hall–Kier alpha value is -0.710. The molecule has 0 aliphatic heterocycles. The summed E-state index contributed by atoms with van der Waals surface area (Å²) in [7, 11) is 0. The van der Waals surface area contributed by atoms with Crippen molar-refractivity contribution in [1.29, 1.82) is 0 Å². The Kier molecular flexibility index (Phi) is 4.76. The van der Waals surface area contributed by atoms with Gasteiger partial charge in [0, 0.05) is 19.8 Å². The van der Waals surface area contributed by atoms with Crippen molar-refractivity contribution < 1.29 is 4.39 Å². The first kappa shape index (κ1) is 14.7. The molecule has 4 heteroatoms. The summed E-state index contributed by atoms with van der Waals surface area (Å²) in [6, 6.07) is 7.34. The number of benzene rings is 1. The highest BCUT2D eigenvalue weighted by Crippen LogP contribution is 2.33. The van der Waals surface area contributed by atoms with E-state index in [2.05, 4.69) is 41.2 Å². The fourth-order valence-electron chi connectivity index (χ4n) is 2.23. The molecule has 0 aliphatic carbocycles. The molecule has 1 N–H and O–H groups in total. The Morgan fingerprint density at radius 1 is 1.32 bits per heavy atom. The Morgan fingerprint density at radius 2 is 2.05 bits per heavy atom. The zero-order valence-corrected chi connectivity index (χ0v) is 13.7. The number of thiophene rings is 1. The molecule has 0 saturated carbocycles. The second-order valence-electron chi connectivity index (χ2n) is 4.56. The summed E-state index contributed by atoms with van der Waals surface area (Å²) in [5, 5.41) is 3.38. The second-order valence-corrected chi connectivity index (χ2v) is 6.76. The van der Waals surface area contributed by atoms with E-state index in [-0.39, 0.29) is 11.9 Å². The van der Waals surface area contributed by atoms with Crippen molar-refractivity contribution in [3.8, 4) is 0 Å². The van der Waals surface area contributed by atoms with Gasteiger partial charge in [0.15, 0.2) is 0 Å². The molecule has 1 nitrogen and oxygen atoms in total. The van der Waals surface area contributed by atoms with Crippen LogP contribution < -0.4 is 5.32 Å². The molecule has 1 atom stereocenters. The van der Waals surface area contributed by atoms with Crippen LogP contribution in [0.2, 0.25) is 0 Å². The molecular formula is C15H17BrFNS. The number of halogens is 2. The first-order valence-corrected chi connectivity index (χ1v) is 7.89. The van der Waals surface area contributed by atoms with Gasteiger partial charge in [0.2, 0.25) is 0 Å². The molecule has 2 aromatic rings. The maximum Gasteiger partial charge on any atom is 0.129 e. The van der Waals surface area contributed by atoms with E-state index in [1.165, 1.54) is 21.4 Å². The van der Waals surface area contributed by atoms with Gasteiger partial charge >= 0.3 is 0 Å². The topological polar surface area (TPSA) is 12.0 Å². The smallest absolute Gasteiger partial charge is 0.129 e. The van der Waals surface area contributed by atoms with Gasteiger partial charge in [-0.3, -0.25) is 0 Å². The maximum absolute atomic E-state index is 14.2. The van der Waals surface area contributed by atoms with Gasteiger partial charge in [0.1, 0.15) is 5.82 Å².